The van der Waals surface area contributed by atoms with Gasteiger partial charge in [-0.3, -0.25) is 0 Å². The Balaban J connectivity index is 3.85. The van der Waals surface area contributed by atoms with Gasteiger partial charge in [0, 0.05) is 32.8 Å². The Morgan fingerprint density at radius 1 is 1.12 bits per heavy atom. The maximum atomic E-state index is 5.12. The van der Waals surface area contributed by atoms with E-state index in [9.17, 15) is 0 Å². The summed E-state index contributed by atoms with van der Waals surface area (Å²) >= 11 is 0. The minimum atomic E-state index is 0.636. The third kappa shape index (κ3) is 7.20. The van der Waals surface area contributed by atoms with E-state index in [-0.39, 0.29) is 0 Å². The summed E-state index contributed by atoms with van der Waals surface area (Å²) in [6.07, 6.45) is 0. The summed E-state index contributed by atoms with van der Waals surface area (Å²) in [7, 11) is 3.97. The summed E-state index contributed by atoms with van der Waals surface area (Å²) in [6, 6.07) is 0.636. The lowest BCUT2D eigenvalue weighted by atomic mass is 10.1. The Morgan fingerprint density at radius 2 is 1.75 bits per heavy atom. The number of nitrogens with zero attached hydrogens (tertiary/aromatic N) is 2. The first kappa shape index (κ1) is 15.9. The van der Waals surface area contributed by atoms with E-state index in [4.69, 9.17) is 4.74 Å². The van der Waals surface area contributed by atoms with E-state index in [1.807, 2.05) is 0 Å². The normalized spacial score (nSPS) is 14.1. The highest BCUT2D eigenvalue weighted by atomic mass is 16.5. The van der Waals surface area contributed by atoms with Crippen LogP contribution in [0, 0.1) is 5.92 Å². The molecule has 0 aliphatic heterocycles. The molecular formula is C13H30N2O. The monoisotopic (exact) mass is 230 g/mol. The van der Waals surface area contributed by atoms with Crippen molar-refractivity contribution in [1.82, 2.24) is 9.80 Å². The first-order valence-electron chi connectivity index (χ1n) is 6.42. The maximum absolute atomic E-state index is 5.12. The number of ether oxygens (including phenoxy) is 1. The van der Waals surface area contributed by atoms with Gasteiger partial charge in [-0.15, -0.1) is 0 Å². The van der Waals surface area contributed by atoms with Gasteiger partial charge in [-0.05, 0) is 33.4 Å². The molecule has 0 aromatic carbocycles. The van der Waals surface area contributed by atoms with Crippen LogP contribution in [0.1, 0.15) is 27.7 Å². The Labute approximate surface area is 102 Å². The lowest BCUT2D eigenvalue weighted by Gasteiger charge is -2.29. The smallest absolute Gasteiger partial charge is 0.0589 e. The number of hydrogen-bond acceptors (Lipinski definition) is 3. The van der Waals surface area contributed by atoms with E-state index in [1.54, 1.807) is 7.11 Å². The molecule has 0 saturated heterocycles. The molecule has 1 unspecified atom stereocenters. The lowest BCUT2D eigenvalue weighted by Crippen LogP contribution is -2.37. The van der Waals surface area contributed by atoms with Gasteiger partial charge in [0.15, 0.2) is 0 Å². The Morgan fingerprint density at radius 3 is 2.19 bits per heavy atom. The van der Waals surface area contributed by atoms with Gasteiger partial charge in [0.25, 0.3) is 0 Å². The first-order chi connectivity index (χ1) is 7.51. The van der Waals surface area contributed by atoms with Crippen LogP contribution in [0.25, 0.3) is 0 Å². The molecule has 0 radical (unpaired) electrons. The molecule has 0 rings (SSSR count). The zero-order valence-electron chi connectivity index (χ0n) is 12.0. The van der Waals surface area contributed by atoms with Crippen molar-refractivity contribution in [2.24, 2.45) is 5.92 Å². The number of hydrogen-bond donors (Lipinski definition) is 0. The molecule has 0 aromatic rings. The topological polar surface area (TPSA) is 15.7 Å². The minimum absolute atomic E-state index is 0.636. The Hall–Kier alpha value is -0.120. The second-order valence-electron chi connectivity index (χ2n) is 5.02. The summed E-state index contributed by atoms with van der Waals surface area (Å²) in [4.78, 5) is 4.87. The molecule has 0 fully saturated rings. The average Bonchev–Trinajstić information content (AvgIpc) is 2.23. The fraction of sp³-hybridized carbons (Fsp3) is 1.00. The van der Waals surface area contributed by atoms with Gasteiger partial charge in [0.2, 0.25) is 0 Å². The predicted molar refractivity (Wildman–Crippen MR) is 70.9 cm³/mol. The van der Waals surface area contributed by atoms with Crippen molar-refractivity contribution in [3.8, 4) is 0 Å². The molecule has 1 atom stereocenters. The fourth-order valence-corrected chi connectivity index (χ4v) is 1.80. The van der Waals surface area contributed by atoms with Gasteiger partial charge < -0.3 is 14.5 Å². The zero-order chi connectivity index (χ0) is 12.6. The highest BCUT2D eigenvalue weighted by molar-refractivity contribution is 4.66. The van der Waals surface area contributed by atoms with E-state index in [0.717, 1.165) is 26.2 Å². The molecule has 0 N–H and O–H groups in total. The Bertz CT molecular complexity index is 162. The highest BCUT2D eigenvalue weighted by Gasteiger charge is 2.12. The van der Waals surface area contributed by atoms with Gasteiger partial charge in [-0.1, -0.05) is 13.8 Å². The van der Waals surface area contributed by atoms with Crippen LogP contribution < -0.4 is 0 Å². The number of methoxy groups -OCH3 is 1. The molecule has 3 nitrogen and oxygen atoms in total. The predicted octanol–water partition coefficient (Wildman–Crippen LogP) is 1.93. The van der Waals surface area contributed by atoms with Crippen molar-refractivity contribution in [1.29, 1.82) is 0 Å². The molecule has 0 aliphatic rings. The van der Waals surface area contributed by atoms with E-state index in [2.05, 4.69) is 44.5 Å². The first-order valence-corrected chi connectivity index (χ1v) is 6.42. The van der Waals surface area contributed by atoms with Crippen LogP contribution >= 0.6 is 0 Å². The molecule has 0 saturated carbocycles. The van der Waals surface area contributed by atoms with Gasteiger partial charge >= 0.3 is 0 Å². The van der Waals surface area contributed by atoms with Crippen LogP contribution in [0.4, 0.5) is 0 Å². The maximum Gasteiger partial charge on any atom is 0.0589 e. The van der Waals surface area contributed by atoms with Gasteiger partial charge in [0.05, 0.1) is 6.61 Å². The third-order valence-electron chi connectivity index (χ3n) is 3.11. The standard InChI is InChI=1S/C13H30N2O/c1-7-15(8-9-16-6)11-13(4)10-14(5)12(2)3/h12-13H,7-11H2,1-6H3. The van der Waals surface area contributed by atoms with Gasteiger partial charge in [0.1, 0.15) is 0 Å². The van der Waals surface area contributed by atoms with Crippen molar-refractivity contribution < 1.29 is 4.74 Å². The third-order valence-corrected chi connectivity index (χ3v) is 3.11. The molecule has 98 valence electrons. The molecular weight excluding hydrogens is 200 g/mol. The van der Waals surface area contributed by atoms with Crippen LogP contribution in [0.15, 0.2) is 0 Å². The molecule has 0 aromatic heterocycles. The summed E-state index contributed by atoms with van der Waals surface area (Å²) in [6.45, 7) is 14.4. The van der Waals surface area contributed by atoms with Crippen LogP contribution in [0.2, 0.25) is 0 Å². The zero-order valence-corrected chi connectivity index (χ0v) is 12.0. The minimum Gasteiger partial charge on any atom is -0.383 e. The second kappa shape index (κ2) is 8.97. The summed E-state index contributed by atoms with van der Waals surface area (Å²) in [5.41, 5.74) is 0. The van der Waals surface area contributed by atoms with Crippen LogP contribution in [0.3, 0.4) is 0 Å². The SMILES string of the molecule is CCN(CCOC)CC(C)CN(C)C(C)C. The van der Waals surface area contributed by atoms with Crippen molar-refractivity contribution in [2.75, 3.05) is 46.9 Å². The molecule has 3 heteroatoms. The van der Waals surface area contributed by atoms with Crippen molar-refractivity contribution >= 4 is 0 Å². The van der Waals surface area contributed by atoms with Gasteiger partial charge in [-0.2, -0.15) is 0 Å². The average molecular weight is 230 g/mol. The fourth-order valence-electron chi connectivity index (χ4n) is 1.80. The highest BCUT2D eigenvalue weighted by Crippen LogP contribution is 2.04. The molecule has 0 bridgehead atoms. The number of rotatable bonds is 9. The number of likely N-dealkylation sites (N-methyl/N-ethyl adjacent to an activating group) is 1. The quantitative estimate of drug-likeness (QED) is 0.602. The summed E-state index contributed by atoms with van der Waals surface area (Å²) in [5, 5.41) is 0. The van der Waals surface area contributed by atoms with E-state index in [1.165, 1.54) is 6.54 Å². The molecule has 0 spiro atoms. The van der Waals surface area contributed by atoms with Crippen LogP contribution in [-0.2, 0) is 4.74 Å². The second-order valence-corrected chi connectivity index (χ2v) is 5.02. The molecule has 16 heavy (non-hydrogen) atoms. The van der Waals surface area contributed by atoms with Gasteiger partial charge in [-0.25, -0.2) is 0 Å². The van der Waals surface area contributed by atoms with E-state index in [0.29, 0.717) is 12.0 Å². The molecule has 0 aliphatic carbocycles. The van der Waals surface area contributed by atoms with E-state index < -0.39 is 0 Å². The lowest BCUT2D eigenvalue weighted by molar-refractivity contribution is 0.131. The van der Waals surface area contributed by atoms with Crippen LogP contribution in [0.5, 0.6) is 0 Å². The largest absolute Gasteiger partial charge is 0.383 e. The van der Waals surface area contributed by atoms with Crippen molar-refractivity contribution in [2.45, 2.75) is 33.7 Å². The van der Waals surface area contributed by atoms with Crippen molar-refractivity contribution in [3.63, 3.8) is 0 Å². The molecule has 0 heterocycles. The van der Waals surface area contributed by atoms with E-state index >= 15 is 0 Å². The van der Waals surface area contributed by atoms with Crippen molar-refractivity contribution in [3.05, 3.63) is 0 Å². The Kier molecular flexibility index (Phi) is 8.90. The summed E-state index contributed by atoms with van der Waals surface area (Å²) in [5.74, 6) is 0.712. The summed E-state index contributed by atoms with van der Waals surface area (Å²) < 4.78 is 5.12. The molecule has 0 amide bonds. The van der Waals surface area contributed by atoms with Crippen LogP contribution in [-0.4, -0.2) is 62.8 Å².